The number of hydrogen-bond acceptors (Lipinski definition) is 4. The largest absolute Gasteiger partial charge is 0.478 e. The maximum atomic E-state index is 10.9. The summed E-state index contributed by atoms with van der Waals surface area (Å²) in [5.74, 6) is 0.429. The summed E-state index contributed by atoms with van der Waals surface area (Å²) in [6.07, 6.45) is 5.53. The van der Waals surface area contributed by atoms with Crippen LogP contribution in [0.25, 0.3) is 5.78 Å². The molecule has 0 aliphatic rings. The second kappa shape index (κ2) is 5.34. The first kappa shape index (κ1) is 12.7. The van der Waals surface area contributed by atoms with E-state index in [9.17, 15) is 4.79 Å². The van der Waals surface area contributed by atoms with E-state index in [-0.39, 0.29) is 0 Å². The fraction of sp³-hybridized carbons (Fsp3) is 0.0714. The normalized spacial score (nSPS) is 10.8. The quantitative estimate of drug-likeness (QED) is 0.746. The maximum Gasteiger partial charge on any atom is 0.335 e. The first-order chi connectivity index (χ1) is 9.72. The van der Waals surface area contributed by atoms with Gasteiger partial charge in [0.25, 0.3) is 0 Å². The van der Waals surface area contributed by atoms with Crippen LogP contribution in [0.2, 0.25) is 0 Å². The lowest BCUT2D eigenvalue weighted by molar-refractivity contribution is 0.0696. The number of carboxylic acids is 1. The summed E-state index contributed by atoms with van der Waals surface area (Å²) >= 11 is 1.55. The van der Waals surface area contributed by atoms with Crippen molar-refractivity contribution < 1.29 is 9.90 Å². The van der Waals surface area contributed by atoms with Crippen molar-refractivity contribution in [2.24, 2.45) is 0 Å². The fourth-order valence-corrected chi connectivity index (χ4v) is 2.66. The molecule has 3 aromatic rings. The highest BCUT2D eigenvalue weighted by Crippen LogP contribution is 2.23. The number of rotatable bonds is 4. The van der Waals surface area contributed by atoms with Gasteiger partial charge in [-0.25, -0.2) is 14.8 Å². The van der Waals surface area contributed by atoms with E-state index in [1.807, 2.05) is 28.9 Å². The molecule has 6 heteroatoms. The van der Waals surface area contributed by atoms with Crippen LogP contribution in [0.4, 0.5) is 0 Å². The predicted octanol–water partition coefficient (Wildman–Crippen LogP) is 2.72. The van der Waals surface area contributed by atoms with E-state index in [4.69, 9.17) is 5.11 Å². The Morgan fingerprint density at radius 3 is 3.05 bits per heavy atom. The maximum absolute atomic E-state index is 10.9. The summed E-state index contributed by atoms with van der Waals surface area (Å²) in [6.45, 7) is 0. The van der Waals surface area contributed by atoms with Crippen LogP contribution in [-0.2, 0) is 5.75 Å². The molecule has 1 aromatic carbocycles. The summed E-state index contributed by atoms with van der Waals surface area (Å²) in [5.41, 5.74) is 1.21. The highest BCUT2D eigenvalue weighted by Gasteiger charge is 2.06. The lowest BCUT2D eigenvalue weighted by Crippen LogP contribution is -1.95. The highest BCUT2D eigenvalue weighted by molar-refractivity contribution is 7.98. The summed E-state index contributed by atoms with van der Waals surface area (Å²) in [7, 11) is 0. The third-order valence-electron chi connectivity index (χ3n) is 2.75. The van der Waals surface area contributed by atoms with Crippen molar-refractivity contribution in [3.63, 3.8) is 0 Å². The zero-order chi connectivity index (χ0) is 13.9. The molecular weight excluding hydrogens is 274 g/mol. The Labute approximate surface area is 119 Å². The molecule has 0 amide bonds. The molecule has 0 bridgehead atoms. The molecule has 0 unspecified atom stereocenters. The Morgan fingerprint density at radius 2 is 2.25 bits per heavy atom. The molecule has 0 saturated heterocycles. The average Bonchev–Trinajstić information content (AvgIpc) is 2.88. The Morgan fingerprint density at radius 1 is 1.35 bits per heavy atom. The molecule has 100 valence electrons. The molecule has 0 fully saturated rings. The van der Waals surface area contributed by atoms with E-state index in [0.29, 0.717) is 17.1 Å². The molecule has 2 heterocycles. The molecule has 5 nitrogen and oxygen atoms in total. The third kappa shape index (κ3) is 2.65. The van der Waals surface area contributed by atoms with Crippen LogP contribution in [0.5, 0.6) is 0 Å². The summed E-state index contributed by atoms with van der Waals surface area (Å²) in [4.78, 5) is 20.4. The van der Waals surface area contributed by atoms with Crippen molar-refractivity contribution in [1.82, 2.24) is 14.4 Å². The summed E-state index contributed by atoms with van der Waals surface area (Å²) in [6, 6.07) is 8.74. The van der Waals surface area contributed by atoms with Crippen molar-refractivity contribution >= 4 is 23.5 Å². The Bertz CT molecular complexity index is 737. The molecule has 0 spiro atoms. The first-order valence-corrected chi connectivity index (χ1v) is 6.96. The van der Waals surface area contributed by atoms with E-state index >= 15 is 0 Å². The Balaban J connectivity index is 1.75. The molecule has 20 heavy (non-hydrogen) atoms. The zero-order valence-corrected chi connectivity index (χ0v) is 11.2. The topological polar surface area (TPSA) is 67.5 Å². The van der Waals surface area contributed by atoms with Crippen LogP contribution in [0.1, 0.15) is 16.1 Å². The van der Waals surface area contributed by atoms with E-state index in [2.05, 4.69) is 9.97 Å². The molecule has 3 rings (SSSR count). The number of carboxylic acid groups (broad SMARTS) is 1. The molecule has 2 aromatic heterocycles. The van der Waals surface area contributed by atoms with Crippen LogP contribution < -0.4 is 0 Å². The van der Waals surface area contributed by atoms with Gasteiger partial charge in [0.15, 0.2) is 0 Å². The van der Waals surface area contributed by atoms with Gasteiger partial charge in [-0.1, -0.05) is 6.07 Å². The summed E-state index contributed by atoms with van der Waals surface area (Å²) < 4.78 is 1.86. The van der Waals surface area contributed by atoms with E-state index in [0.717, 1.165) is 10.6 Å². The molecule has 0 aliphatic carbocycles. The highest BCUT2D eigenvalue weighted by atomic mass is 32.2. The lowest BCUT2D eigenvalue weighted by atomic mass is 10.2. The van der Waals surface area contributed by atoms with E-state index < -0.39 is 5.97 Å². The molecule has 0 aliphatic heterocycles. The predicted molar refractivity (Wildman–Crippen MR) is 75.9 cm³/mol. The molecule has 1 N–H and O–H groups in total. The van der Waals surface area contributed by atoms with Crippen molar-refractivity contribution in [3.8, 4) is 0 Å². The van der Waals surface area contributed by atoms with Gasteiger partial charge in [0.05, 0.1) is 11.3 Å². The number of aromatic carboxylic acids is 1. The van der Waals surface area contributed by atoms with Crippen molar-refractivity contribution in [2.75, 3.05) is 0 Å². The molecule has 0 saturated carbocycles. The van der Waals surface area contributed by atoms with Gasteiger partial charge in [-0.2, -0.15) is 0 Å². The minimum absolute atomic E-state index is 0.298. The third-order valence-corrected chi connectivity index (χ3v) is 3.78. The second-order valence-corrected chi connectivity index (χ2v) is 5.23. The standard InChI is InChI=1S/C14H11N3O2S/c18-13(19)10-3-1-4-12(7-10)20-9-11-8-17-6-2-5-15-14(17)16-11/h1-8H,9H2,(H,18,19). The minimum Gasteiger partial charge on any atom is -0.478 e. The smallest absolute Gasteiger partial charge is 0.335 e. The van der Waals surface area contributed by atoms with Crippen molar-refractivity contribution in [2.45, 2.75) is 10.6 Å². The molecule has 0 radical (unpaired) electrons. The number of aromatic nitrogens is 3. The Kier molecular flexibility index (Phi) is 3.39. The Hall–Kier alpha value is -2.34. The number of nitrogens with zero attached hydrogens (tertiary/aromatic N) is 3. The van der Waals surface area contributed by atoms with Gasteiger partial charge in [-0.15, -0.1) is 11.8 Å². The number of hydrogen-bond donors (Lipinski definition) is 1. The fourth-order valence-electron chi connectivity index (χ4n) is 1.83. The van der Waals surface area contributed by atoms with Gasteiger partial charge >= 0.3 is 5.97 Å². The zero-order valence-electron chi connectivity index (χ0n) is 10.4. The van der Waals surface area contributed by atoms with Crippen LogP contribution >= 0.6 is 11.8 Å². The van der Waals surface area contributed by atoms with Gasteiger partial charge in [-0.05, 0) is 24.3 Å². The first-order valence-electron chi connectivity index (χ1n) is 5.97. The lowest BCUT2D eigenvalue weighted by Gasteiger charge is -2.00. The van der Waals surface area contributed by atoms with Gasteiger partial charge in [0, 0.05) is 29.2 Å². The van der Waals surface area contributed by atoms with Gasteiger partial charge in [0.2, 0.25) is 5.78 Å². The van der Waals surface area contributed by atoms with Gasteiger partial charge in [0.1, 0.15) is 0 Å². The SMILES string of the molecule is O=C(O)c1cccc(SCc2cn3cccnc3n2)c1. The number of benzene rings is 1. The number of carbonyl (C=O) groups is 1. The number of thioether (sulfide) groups is 1. The molecule has 0 atom stereocenters. The van der Waals surface area contributed by atoms with Crippen LogP contribution in [0, 0.1) is 0 Å². The number of imidazole rings is 1. The van der Waals surface area contributed by atoms with Crippen molar-refractivity contribution in [1.29, 1.82) is 0 Å². The van der Waals surface area contributed by atoms with Gasteiger partial charge in [-0.3, -0.25) is 4.40 Å². The van der Waals surface area contributed by atoms with Crippen LogP contribution in [0.15, 0.2) is 53.8 Å². The minimum atomic E-state index is -0.913. The monoisotopic (exact) mass is 285 g/mol. The van der Waals surface area contributed by atoms with Crippen LogP contribution in [0.3, 0.4) is 0 Å². The average molecular weight is 285 g/mol. The van der Waals surface area contributed by atoms with Crippen molar-refractivity contribution in [3.05, 3.63) is 60.2 Å². The second-order valence-electron chi connectivity index (χ2n) is 4.18. The number of fused-ring (bicyclic) bond motifs is 1. The molecular formula is C14H11N3O2S. The van der Waals surface area contributed by atoms with Gasteiger partial charge < -0.3 is 5.11 Å². The summed E-state index contributed by atoms with van der Waals surface area (Å²) in [5, 5.41) is 8.96. The van der Waals surface area contributed by atoms with E-state index in [1.165, 1.54) is 0 Å². The van der Waals surface area contributed by atoms with E-state index in [1.54, 1.807) is 36.2 Å². The van der Waals surface area contributed by atoms with Crippen LogP contribution in [-0.4, -0.2) is 25.4 Å².